The Kier molecular flexibility index (Phi) is 9.58. The minimum atomic E-state index is -1.12. The fourth-order valence-corrected chi connectivity index (χ4v) is 8.24. The zero-order valence-corrected chi connectivity index (χ0v) is 30.1. The number of benzene rings is 2. The molecule has 0 bridgehead atoms. The van der Waals surface area contributed by atoms with Crippen molar-refractivity contribution in [2.75, 3.05) is 4.90 Å². The van der Waals surface area contributed by atoms with Gasteiger partial charge in [-0.2, -0.15) is 0 Å². The van der Waals surface area contributed by atoms with Gasteiger partial charge in [0.1, 0.15) is 6.17 Å². The van der Waals surface area contributed by atoms with E-state index in [1.165, 1.54) is 16.7 Å². The van der Waals surface area contributed by atoms with Crippen molar-refractivity contribution >= 4 is 16.8 Å². The molecule has 4 heteroatoms. The molecule has 2 nitrogen and oxygen atoms in total. The van der Waals surface area contributed by atoms with Crippen molar-refractivity contribution < 1.29 is 8.78 Å². The van der Waals surface area contributed by atoms with Crippen LogP contribution in [-0.4, -0.2) is 11.7 Å². The van der Waals surface area contributed by atoms with Gasteiger partial charge in [0.05, 0.1) is 17.4 Å². The van der Waals surface area contributed by atoms with Gasteiger partial charge < -0.3 is 10.2 Å². The molecular weight excluding hydrogens is 582 g/mol. The molecule has 0 radical (unpaired) electrons. The summed E-state index contributed by atoms with van der Waals surface area (Å²) in [5.74, 6) is -0.0268. The van der Waals surface area contributed by atoms with Gasteiger partial charge in [-0.05, 0) is 113 Å². The van der Waals surface area contributed by atoms with Crippen molar-refractivity contribution in [3.05, 3.63) is 113 Å². The van der Waals surface area contributed by atoms with E-state index in [1.807, 2.05) is 0 Å². The Hall–Kier alpha value is -3.40. The zero-order chi connectivity index (χ0) is 34.5. The number of hydrogen-bond donors (Lipinski definition) is 1. The third kappa shape index (κ3) is 6.42. The van der Waals surface area contributed by atoms with Crippen LogP contribution in [0.5, 0.6) is 0 Å². The second kappa shape index (κ2) is 12.9. The number of halogens is 2. The van der Waals surface area contributed by atoms with Crippen LogP contribution in [0.4, 0.5) is 14.5 Å². The number of aryl methyl sites for hydroxylation is 2. The first-order valence-corrected chi connectivity index (χ1v) is 17.5. The summed E-state index contributed by atoms with van der Waals surface area (Å²) in [5.41, 5.74) is 10.6. The summed E-state index contributed by atoms with van der Waals surface area (Å²) in [6, 6.07) is 13.0. The SMILES string of the molecule is C=C(F)CCc1cccc(/C(C)=C/CC)c1C1CC(C)C(=C)N1c1cc(C2=CNC3(CC(C)(C(C)(C)C)C3)C(=C)C(F)C2)ccc1C. The van der Waals surface area contributed by atoms with Gasteiger partial charge in [0, 0.05) is 30.4 Å². The van der Waals surface area contributed by atoms with Gasteiger partial charge in [-0.15, -0.1) is 0 Å². The Morgan fingerprint density at radius 3 is 2.49 bits per heavy atom. The van der Waals surface area contributed by atoms with E-state index in [0.29, 0.717) is 24.8 Å². The Labute approximate surface area is 283 Å². The van der Waals surface area contributed by atoms with Gasteiger partial charge in [-0.1, -0.05) is 97.7 Å². The van der Waals surface area contributed by atoms with Crippen LogP contribution in [0.2, 0.25) is 0 Å². The van der Waals surface area contributed by atoms with Gasteiger partial charge in [0.15, 0.2) is 0 Å². The molecule has 3 unspecified atom stereocenters. The summed E-state index contributed by atoms with van der Waals surface area (Å²) in [7, 11) is 0. The zero-order valence-electron chi connectivity index (χ0n) is 30.1. The van der Waals surface area contributed by atoms with Crippen LogP contribution in [0.3, 0.4) is 0 Å². The molecule has 5 rings (SSSR count). The van der Waals surface area contributed by atoms with E-state index in [-0.39, 0.29) is 28.6 Å². The van der Waals surface area contributed by atoms with E-state index in [9.17, 15) is 4.39 Å². The number of anilines is 1. The monoisotopic (exact) mass is 638 g/mol. The van der Waals surface area contributed by atoms with Crippen molar-refractivity contribution in [2.45, 2.75) is 118 Å². The normalized spacial score (nSPS) is 28.2. The second-order valence-corrected chi connectivity index (χ2v) is 16.0. The molecular formula is C43H56F2N2. The fraction of sp³-hybridized carbons (Fsp3) is 0.488. The first-order valence-electron chi connectivity index (χ1n) is 17.5. The summed E-state index contributed by atoms with van der Waals surface area (Å²) in [4.78, 5) is 2.41. The topological polar surface area (TPSA) is 15.3 Å². The lowest BCUT2D eigenvalue weighted by Crippen LogP contribution is -2.63. The predicted molar refractivity (Wildman–Crippen MR) is 198 cm³/mol. The van der Waals surface area contributed by atoms with Crippen molar-refractivity contribution in [1.82, 2.24) is 5.32 Å². The van der Waals surface area contributed by atoms with Crippen LogP contribution in [0.25, 0.3) is 11.1 Å². The van der Waals surface area contributed by atoms with Gasteiger partial charge >= 0.3 is 0 Å². The van der Waals surface area contributed by atoms with Crippen LogP contribution in [0.1, 0.15) is 121 Å². The van der Waals surface area contributed by atoms with E-state index >= 15 is 4.39 Å². The van der Waals surface area contributed by atoms with Crippen LogP contribution in [0, 0.1) is 23.7 Å². The van der Waals surface area contributed by atoms with Gasteiger partial charge in [-0.25, -0.2) is 8.78 Å². The predicted octanol–water partition coefficient (Wildman–Crippen LogP) is 12.1. The average molecular weight is 639 g/mol. The van der Waals surface area contributed by atoms with E-state index in [4.69, 9.17) is 0 Å². The lowest BCUT2D eigenvalue weighted by molar-refractivity contribution is -0.0495. The number of allylic oxidation sites excluding steroid dienone is 5. The molecule has 2 aromatic carbocycles. The molecule has 252 valence electrons. The van der Waals surface area contributed by atoms with E-state index < -0.39 is 11.7 Å². The van der Waals surface area contributed by atoms with Gasteiger partial charge in [0.2, 0.25) is 0 Å². The fourth-order valence-electron chi connectivity index (χ4n) is 8.24. The number of hydrogen-bond acceptors (Lipinski definition) is 2. The molecule has 3 aliphatic rings. The molecule has 2 aromatic rings. The number of nitrogens with zero attached hydrogens (tertiary/aromatic N) is 1. The summed E-state index contributed by atoms with van der Waals surface area (Å²) < 4.78 is 30.0. The number of alkyl halides is 1. The third-order valence-corrected chi connectivity index (χ3v) is 11.8. The molecule has 1 saturated heterocycles. The third-order valence-electron chi connectivity index (χ3n) is 11.8. The molecule has 2 heterocycles. The van der Waals surface area contributed by atoms with Crippen molar-refractivity contribution in [3.63, 3.8) is 0 Å². The minimum Gasteiger partial charge on any atom is -0.381 e. The minimum absolute atomic E-state index is 0.0361. The maximum Gasteiger partial charge on any atom is 0.127 e. The molecule has 3 atom stereocenters. The molecule has 1 saturated carbocycles. The van der Waals surface area contributed by atoms with E-state index in [1.54, 1.807) is 0 Å². The van der Waals surface area contributed by atoms with Crippen LogP contribution < -0.4 is 10.2 Å². The molecule has 1 N–H and O–H groups in total. The highest BCUT2D eigenvalue weighted by atomic mass is 19.1. The Morgan fingerprint density at radius 2 is 1.85 bits per heavy atom. The quantitative estimate of drug-likeness (QED) is 0.289. The summed E-state index contributed by atoms with van der Waals surface area (Å²) in [5, 5.41) is 3.69. The number of nitrogens with one attached hydrogen (secondary N) is 1. The first-order chi connectivity index (χ1) is 22.0. The lowest BCUT2D eigenvalue weighted by atomic mass is 9.47. The Bertz CT molecular complexity index is 1630. The molecule has 2 aliphatic heterocycles. The van der Waals surface area contributed by atoms with Gasteiger partial charge in [-0.3, -0.25) is 0 Å². The molecule has 0 amide bonds. The molecule has 1 aliphatic carbocycles. The van der Waals surface area contributed by atoms with Crippen molar-refractivity contribution in [2.24, 2.45) is 16.7 Å². The summed E-state index contributed by atoms with van der Waals surface area (Å²) in [6.45, 7) is 30.3. The van der Waals surface area contributed by atoms with Crippen LogP contribution >= 0.6 is 0 Å². The molecule has 47 heavy (non-hydrogen) atoms. The lowest BCUT2D eigenvalue weighted by Gasteiger charge is -2.61. The number of rotatable bonds is 8. The van der Waals surface area contributed by atoms with Crippen LogP contribution in [0.15, 0.2) is 85.5 Å². The molecule has 0 aromatic heterocycles. The van der Waals surface area contributed by atoms with E-state index in [2.05, 4.69) is 134 Å². The molecule has 1 spiro atoms. The standard InChI is InChI=1S/C43H56F2N2/c1-12-14-27(2)36-16-13-15-33(20-18-30(5)44)40(36)39-21-29(4)32(7)47(39)38-23-34(19-17-28(38)3)35-22-37(45)31(6)43(46-24-35)25-42(11,26-43)41(8,9)10/h13-17,19,23-24,29,37,39,46H,5-7,12,18,20-22,25-26H2,1-4,8-11H3/b27-14+. The maximum atomic E-state index is 16.0. The smallest absolute Gasteiger partial charge is 0.127 e. The van der Waals surface area contributed by atoms with Crippen molar-refractivity contribution in [1.29, 1.82) is 0 Å². The maximum absolute atomic E-state index is 16.0. The van der Waals surface area contributed by atoms with Crippen molar-refractivity contribution in [3.8, 4) is 0 Å². The van der Waals surface area contributed by atoms with Crippen LogP contribution in [-0.2, 0) is 6.42 Å². The highest BCUT2D eigenvalue weighted by molar-refractivity contribution is 5.75. The Balaban J connectivity index is 1.56. The Morgan fingerprint density at radius 1 is 1.15 bits per heavy atom. The van der Waals surface area contributed by atoms with Gasteiger partial charge in [0.25, 0.3) is 0 Å². The average Bonchev–Trinajstić information content (AvgIpc) is 3.21. The molecule has 2 fully saturated rings. The summed E-state index contributed by atoms with van der Waals surface area (Å²) in [6.07, 6.45) is 8.02. The van der Waals surface area contributed by atoms with E-state index in [0.717, 1.165) is 59.3 Å². The largest absolute Gasteiger partial charge is 0.381 e. The first kappa shape index (κ1) is 34.9. The summed E-state index contributed by atoms with van der Waals surface area (Å²) >= 11 is 0. The highest BCUT2D eigenvalue weighted by Crippen LogP contribution is 2.61. The highest BCUT2D eigenvalue weighted by Gasteiger charge is 2.59. The second-order valence-electron chi connectivity index (χ2n) is 16.0.